The van der Waals surface area contributed by atoms with E-state index >= 15 is 0 Å². The normalized spacial score (nSPS) is 14.1. The first-order chi connectivity index (χ1) is 10.7. The number of aromatic amines is 1. The van der Waals surface area contributed by atoms with Gasteiger partial charge in [0.1, 0.15) is 12.6 Å². The summed E-state index contributed by atoms with van der Waals surface area (Å²) in [4.78, 5) is 22.6. The lowest BCUT2D eigenvalue weighted by atomic mass is 10.2. The molecule has 2 atom stereocenters. The van der Waals surface area contributed by atoms with Crippen molar-refractivity contribution in [3.05, 3.63) is 62.8 Å². The van der Waals surface area contributed by atoms with Crippen molar-refractivity contribution in [2.75, 3.05) is 6.54 Å². The highest BCUT2D eigenvalue weighted by atomic mass is 32.1. The van der Waals surface area contributed by atoms with E-state index in [-0.39, 0.29) is 11.6 Å². The molecule has 0 aliphatic carbocycles. The Morgan fingerprint density at radius 1 is 1.27 bits per heavy atom. The van der Waals surface area contributed by atoms with Gasteiger partial charge in [-0.1, -0.05) is 18.2 Å². The third kappa shape index (κ3) is 2.96. The number of para-hydroxylation sites is 1. The van der Waals surface area contributed by atoms with E-state index in [9.17, 15) is 4.79 Å². The van der Waals surface area contributed by atoms with Crippen molar-refractivity contribution in [1.82, 2.24) is 9.97 Å². The first kappa shape index (κ1) is 14.9. The molecular formula is C17H20N3OS+. The zero-order valence-corrected chi connectivity index (χ0v) is 13.6. The molecule has 0 aliphatic rings. The molecule has 3 aromatic rings. The van der Waals surface area contributed by atoms with E-state index in [4.69, 9.17) is 0 Å². The summed E-state index contributed by atoms with van der Waals surface area (Å²) in [5.41, 5.74) is 0.707. The Bertz CT molecular complexity index is 810. The van der Waals surface area contributed by atoms with Gasteiger partial charge in [-0.2, -0.15) is 0 Å². The molecule has 5 heteroatoms. The van der Waals surface area contributed by atoms with Crippen LogP contribution in [0.5, 0.6) is 0 Å². The lowest BCUT2D eigenvalue weighted by molar-refractivity contribution is -0.941. The quantitative estimate of drug-likeness (QED) is 0.758. The Morgan fingerprint density at radius 2 is 2.09 bits per heavy atom. The van der Waals surface area contributed by atoms with E-state index in [1.165, 1.54) is 9.78 Å². The van der Waals surface area contributed by atoms with Gasteiger partial charge in [0.2, 0.25) is 0 Å². The van der Waals surface area contributed by atoms with Crippen LogP contribution in [-0.4, -0.2) is 16.5 Å². The van der Waals surface area contributed by atoms with Crippen molar-refractivity contribution in [2.45, 2.75) is 26.4 Å². The van der Waals surface area contributed by atoms with Crippen LogP contribution in [0.25, 0.3) is 10.9 Å². The monoisotopic (exact) mass is 314 g/mol. The van der Waals surface area contributed by atoms with E-state index in [0.29, 0.717) is 5.39 Å². The second kappa shape index (κ2) is 6.42. The molecule has 0 spiro atoms. The predicted molar refractivity (Wildman–Crippen MR) is 90.3 cm³/mol. The average Bonchev–Trinajstić information content (AvgIpc) is 3.05. The van der Waals surface area contributed by atoms with Crippen LogP contribution in [0, 0.1) is 0 Å². The Hall–Kier alpha value is -1.98. The van der Waals surface area contributed by atoms with E-state index in [1.54, 1.807) is 11.3 Å². The summed E-state index contributed by atoms with van der Waals surface area (Å²) < 4.78 is 0. The molecule has 2 N–H and O–H groups in total. The van der Waals surface area contributed by atoms with E-state index < -0.39 is 0 Å². The van der Waals surface area contributed by atoms with Crippen molar-refractivity contribution < 1.29 is 4.90 Å². The zero-order valence-electron chi connectivity index (χ0n) is 12.8. The first-order valence-corrected chi connectivity index (χ1v) is 8.43. The van der Waals surface area contributed by atoms with Crippen LogP contribution in [0.4, 0.5) is 0 Å². The maximum Gasteiger partial charge on any atom is 0.258 e. The van der Waals surface area contributed by atoms with Gasteiger partial charge in [-0.05, 0) is 37.4 Å². The minimum Gasteiger partial charge on any atom is -0.322 e. The second-order valence-corrected chi connectivity index (χ2v) is 6.49. The van der Waals surface area contributed by atoms with Gasteiger partial charge in [0, 0.05) is 0 Å². The summed E-state index contributed by atoms with van der Waals surface area (Å²) in [5.74, 6) is 0.761. The molecule has 1 aromatic carbocycles. The fourth-order valence-electron chi connectivity index (χ4n) is 2.72. The highest BCUT2D eigenvalue weighted by Gasteiger charge is 2.21. The van der Waals surface area contributed by atoms with Gasteiger partial charge in [-0.25, -0.2) is 4.98 Å². The Kier molecular flexibility index (Phi) is 4.36. The molecule has 114 valence electrons. The van der Waals surface area contributed by atoms with Gasteiger partial charge < -0.3 is 9.88 Å². The van der Waals surface area contributed by atoms with Gasteiger partial charge in [0.25, 0.3) is 5.56 Å². The number of nitrogens with zero attached hydrogens (tertiary/aromatic N) is 1. The molecule has 22 heavy (non-hydrogen) atoms. The molecule has 2 aromatic heterocycles. The second-order valence-electron chi connectivity index (χ2n) is 5.46. The van der Waals surface area contributed by atoms with Crippen LogP contribution in [-0.2, 0) is 6.54 Å². The van der Waals surface area contributed by atoms with Crippen molar-refractivity contribution in [3.63, 3.8) is 0 Å². The molecule has 1 unspecified atom stereocenters. The Labute approximate surface area is 133 Å². The van der Waals surface area contributed by atoms with E-state index in [0.717, 1.165) is 24.4 Å². The van der Waals surface area contributed by atoms with Crippen molar-refractivity contribution in [2.24, 2.45) is 0 Å². The Balaban J connectivity index is 1.93. The number of thiophene rings is 1. The standard InChI is InChI=1S/C17H19N3OS/c1-3-20(11-13-7-6-10-22-13)12(2)16-18-15-9-5-4-8-14(15)17(21)19-16/h4-10,12H,3,11H2,1-2H3,(H,18,19,21)/p+1/t12-/m1/s1. The summed E-state index contributed by atoms with van der Waals surface area (Å²) in [6.45, 7) is 6.22. The molecule has 3 rings (SSSR count). The van der Waals surface area contributed by atoms with Gasteiger partial charge in [0.05, 0.1) is 22.3 Å². The lowest BCUT2D eigenvalue weighted by Crippen LogP contribution is -3.10. The van der Waals surface area contributed by atoms with Crippen LogP contribution in [0.2, 0.25) is 0 Å². The van der Waals surface area contributed by atoms with Crippen LogP contribution in [0.1, 0.15) is 30.6 Å². The minimum atomic E-state index is -0.0565. The molecular weight excluding hydrogens is 294 g/mol. The number of fused-ring (bicyclic) bond motifs is 1. The molecule has 0 bridgehead atoms. The third-order valence-corrected chi connectivity index (χ3v) is 4.97. The molecule has 0 radical (unpaired) electrons. The maximum atomic E-state index is 12.2. The molecule has 0 saturated carbocycles. The zero-order chi connectivity index (χ0) is 15.5. The van der Waals surface area contributed by atoms with Crippen molar-refractivity contribution in [3.8, 4) is 0 Å². The molecule has 0 amide bonds. The fraction of sp³-hybridized carbons (Fsp3) is 0.294. The lowest BCUT2D eigenvalue weighted by Gasteiger charge is -2.23. The molecule has 2 heterocycles. The van der Waals surface area contributed by atoms with Crippen LogP contribution in [0.3, 0.4) is 0 Å². The predicted octanol–water partition coefficient (Wildman–Crippen LogP) is 2.15. The van der Waals surface area contributed by atoms with Crippen molar-refractivity contribution in [1.29, 1.82) is 0 Å². The first-order valence-electron chi connectivity index (χ1n) is 7.55. The van der Waals surface area contributed by atoms with E-state index in [1.807, 2.05) is 24.3 Å². The molecule has 0 saturated heterocycles. The molecule has 4 nitrogen and oxygen atoms in total. The van der Waals surface area contributed by atoms with Gasteiger partial charge >= 0.3 is 0 Å². The average molecular weight is 314 g/mol. The number of hydrogen-bond donors (Lipinski definition) is 2. The maximum absolute atomic E-state index is 12.2. The van der Waals surface area contributed by atoms with Gasteiger partial charge in [-0.15, -0.1) is 11.3 Å². The van der Waals surface area contributed by atoms with Gasteiger partial charge in [0.15, 0.2) is 5.82 Å². The summed E-state index contributed by atoms with van der Waals surface area (Å²) in [6, 6.07) is 11.9. The fourth-order valence-corrected chi connectivity index (χ4v) is 3.48. The number of aromatic nitrogens is 2. The minimum absolute atomic E-state index is 0.0565. The number of rotatable bonds is 5. The summed E-state index contributed by atoms with van der Waals surface area (Å²) in [6.07, 6.45) is 0. The number of benzene rings is 1. The Morgan fingerprint density at radius 3 is 2.82 bits per heavy atom. The smallest absolute Gasteiger partial charge is 0.258 e. The molecule has 0 fully saturated rings. The topological polar surface area (TPSA) is 50.2 Å². The van der Waals surface area contributed by atoms with Gasteiger partial charge in [-0.3, -0.25) is 4.79 Å². The summed E-state index contributed by atoms with van der Waals surface area (Å²) >= 11 is 1.77. The number of hydrogen-bond acceptors (Lipinski definition) is 3. The van der Waals surface area contributed by atoms with Crippen LogP contribution in [0.15, 0.2) is 46.6 Å². The number of quaternary nitrogens is 1. The summed E-state index contributed by atoms with van der Waals surface area (Å²) in [5, 5.41) is 2.75. The van der Waals surface area contributed by atoms with Crippen molar-refractivity contribution >= 4 is 22.2 Å². The largest absolute Gasteiger partial charge is 0.322 e. The number of H-pyrrole nitrogens is 1. The third-order valence-electron chi connectivity index (χ3n) is 4.09. The van der Waals surface area contributed by atoms with Crippen LogP contribution < -0.4 is 10.5 Å². The molecule has 0 aliphatic heterocycles. The number of nitrogens with one attached hydrogen (secondary N) is 2. The van der Waals surface area contributed by atoms with Crippen LogP contribution >= 0.6 is 11.3 Å². The SMILES string of the molecule is CC[NH+](Cc1cccs1)[C@H](C)c1nc2ccccc2c(=O)[nH]1. The van der Waals surface area contributed by atoms with E-state index in [2.05, 4.69) is 41.3 Å². The summed E-state index contributed by atoms with van der Waals surface area (Å²) in [7, 11) is 0. The highest BCUT2D eigenvalue weighted by molar-refractivity contribution is 7.09. The highest BCUT2D eigenvalue weighted by Crippen LogP contribution is 2.11.